The largest absolute Gasteiger partial charge is 0.463 e. The van der Waals surface area contributed by atoms with Crippen LogP contribution < -0.4 is 5.32 Å². The monoisotopic (exact) mass is 408 g/mol. The Bertz CT molecular complexity index is 1320. The first-order valence-corrected chi connectivity index (χ1v) is 10.1. The fourth-order valence-corrected chi connectivity index (χ4v) is 3.53. The quantitative estimate of drug-likeness (QED) is 0.444. The highest BCUT2D eigenvalue weighted by atomic mass is 16.3. The minimum absolute atomic E-state index is 0.145. The van der Waals surface area contributed by atoms with Crippen LogP contribution in [0, 0.1) is 0 Å². The summed E-state index contributed by atoms with van der Waals surface area (Å²) in [6.07, 6.45) is 4.17. The summed E-state index contributed by atoms with van der Waals surface area (Å²) in [6.45, 7) is 0.484. The smallest absolute Gasteiger partial charge is 0.252 e. The molecular weight excluding hydrogens is 388 g/mol. The molecule has 0 saturated carbocycles. The Kier molecular flexibility index (Phi) is 5.02. The number of furan rings is 1. The lowest BCUT2D eigenvalue weighted by atomic mass is 10.1. The third-order valence-electron chi connectivity index (χ3n) is 5.07. The van der Waals surface area contributed by atoms with Gasteiger partial charge in [-0.25, -0.2) is 9.67 Å². The van der Waals surface area contributed by atoms with Gasteiger partial charge in [-0.05, 0) is 42.5 Å². The van der Waals surface area contributed by atoms with Crippen molar-refractivity contribution in [3.8, 4) is 17.1 Å². The zero-order valence-corrected chi connectivity index (χ0v) is 16.7. The number of nitrogens with zero attached hydrogens (tertiary/aromatic N) is 3. The normalized spacial score (nSPS) is 11.0. The predicted molar refractivity (Wildman–Crippen MR) is 119 cm³/mol. The van der Waals surface area contributed by atoms with Crippen molar-refractivity contribution in [3.63, 3.8) is 0 Å². The van der Waals surface area contributed by atoms with Crippen LogP contribution in [0.3, 0.4) is 0 Å². The van der Waals surface area contributed by atoms with Gasteiger partial charge < -0.3 is 9.73 Å². The van der Waals surface area contributed by atoms with E-state index < -0.39 is 0 Å². The molecule has 0 aliphatic rings. The van der Waals surface area contributed by atoms with E-state index in [9.17, 15) is 4.79 Å². The lowest BCUT2D eigenvalue weighted by Crippen LogP contribution is -2.26. The maximum atomic E-state index is 13.0. The number of para-hydroxylation sites is 2. The molecule has 6 heteroatoms. The van der Waals surface area contributed by atoms with Crippen molar-refractivity contribution >= 4 is 16.8 Å². The highest BCUT2D eigenvalue weighted by Gasteiger charge is 2.15. The van der Waals surface area contributed by atoms with Crippen molar-refractivity contribution in [2.75, 3.05) is 6.54 Å². The van der Waals surface area contributed by atoms with Gasteiger partial charge in [-0.15, -0.1) is 0 Å². The van der Waals surface area contributed by atoms with Crippen LogP contribution in [0.5, 0.6) is 0 Å². The number of pyridine rings is 1. The van der Waals surface area contributed by atoms with Gasteiger partial charge >= 0.3 is 0 Å². The van der Waals surface area contributed by atoms with Crippen LogP contribution >= 0.6 is 0 Å². The summed E-state index contributed by atoms with van der Waals surface area (Å²) < 4.78 is 7.31. The Morgan fingerprint density at radius 1 is 0.968 bits per heavy atom. The van der Waals surface area contributed by atoms with E-state index in [0.29, 0.717) is 30.0 Å². The molecule has 0 aliphatic heterocycles. The Hall–Kier alpha value is -4.19. The van der Waals surface area contributed by atoms with Crippen molar-refractivity contribution in [2.24, 2.45) is 0 Å². The molecule has 0 saturated heterocycles. The summed E-state index contributed by atoms with van der Waals surface area (Å²) in [6, 6.07) is 24.9. The average Bonchev–Trinajstić information content (AvgIpc) is 3.51. The minimum Gasteiger partial charge on any atom is -0.463 e. The molecule has 31 heavy (non-hydrogen) atoms. The van der Waals surface area contributed by atoms with E-state index in [0.717, 1.165) is 22.3 Å². The van der Waals surface area contributed by atoms with Gasteiger partial charge in [0.25, 0.3) is 5.91 Å². The van der Waals surface area contributed by atoms with Crippen LogP contribution in [-0.4, -0.2) is 27.2 Å². The molecule has 1 amide bonds. The number of benzene rings is 2. The number of fused-ring (bicyclic) bond motifs is 1. The van der Waals surface area contributed by atoms with E-state index in [1.807, 2.05) is 77.6 Å². The highest BCUT2D eigenvalue weighted by molar-refractivity contribution is 6.07. The fraction of sp³-hybridized carbons (Fsp3) is 0.0800. The molecule has 3 heterocycles. The zero-order chi connectivity index (χ0) is 21.0. The van der Waals surface area contributed by atoms with Crippen LogP contribution in [0.4, 0.5) is 0 Å². The SMILES string of the molecule is O=C(NCCc1ccn(-c2ccccc2)n1)c1cc(-c2ccco2)nc2ccccc12. The molecule has 6 nitrogen and oxygen atoms in total. The summed E-state index contributed by atoms with van der Waals surface area (Å²) in [5, 5.41) is 8.41. The molecule has 5 aromatic rings. The van der Waals surface area contributed by atoms with E-state index in [4.69, 9.17) is 4.42 Å². The number of rotatable bonds is 6. The van der Waals surface area contributed by atoms with Gasteiger partial charge in [0.1, 0.15) is 5.69 Å². The van der Waals surface area contributed by atoms with Crippen LogP contribution in [0.2, 0.25) is 0 Å². The number of amides is 1. The molecule has 0 bridgehead atoms. The Morgan fingerprint density at radius 3 is 2.65 bits per heavy atom. The van der Waals surface area contributed by atoms with Crippen molar-refractivity contribution in [2.45, 2.75) is 6.42 Å². The zero-order valence-electron chi connectivity index (χ0n) is 16.7. The van der Waals surface area contributed by atoms with Gasteiger partial charge in [0.05, 0.1) is 28.7 Å². The minimum atomic E-state index is -0.145. The maximum Gasteiger partial charge on any atom is 0.252 e. The molecule has 0 atom stereocenters. The number of hydrogen-bond donors (Lipinski definition) is 1. The molecule has 0 unspecified atom stereocenters. The molecule has 0 radical (unpaired) electrons. The summed E-state index contributed by atoms with van der Waals surface area (Å²) >= 11 is 0. The number of carbonyl (C=O) groups is 1. The van der Waals surface area contributed by atoms with Crippen molar-refractivity contribution in [1.29, 1.82) is 0 Å². The van der Waals surface area contributed by atoms with Gasteiger partial charge in [0.15, 0.2) is 5.76 Å². The first-order chi connectivity index (χ1) is 15.3. The lowest BCUT2D eigenvalue weighted by molar-refractivity contribution is 0.0955. The molecule has 0 spiro atoms. The summed E-state index contributed by atoms with van der Waals surface area (Å²) in [4.78, 5) is 17.6. The van der Waals surface area contributed by atoms with Crippen molar-refractivity contribution in [3.05, 3.63) is 103 Å². The Morgan fingerprint density at radius 2 is 1.81 bits per heavy atom. The van der Waals surface area contributed by atoms with E-state index in [1.54, 1.807) is 18.4 Å². The van der Waals surface area contributed by atoms with Crippen LogP contribution in [0.15, 0.2) is 95.7 Å². The van der Waals surface area contributed by atoms with E-state index in [1.165, 1.54) is 0 Å². The highest BCUT2D eigenvalue weighted by Crippen LogP contribution is 2.25. The molecular formula is C25H20N4O2. The van der Waals surface area contributed by atoms with E-state index in [2.05, 4.69) is 15.4 Å². The summed E-state index contributed by atoms with van der Waals surface area (Å²) in [5.74, 6) is 0.486. The van der Waals surface area contributed by atoms with Gasteiger partial charge in [0.2, 0.25) is 0 Å². The van der Waals surface area contributed by atoms with Gasteiger partial charge in [0, 0.05) is 24.5 Å². The lowest BCUT2D eigenvalue weighted by Gasteiger charge is -2.09. The molecule has 5 rings (SSSR count). The predicted octanol–water partition coefficient (Wildman–Crippen LogP) is 4.65. The molecule has 152 valence electrons. The molecule has 1 N–H and O–H groups in total. The molecule has 2 aromatic carbocycles. The number of hydrogen-bond acceptors (Lipinski definition) is 4. The Balaban J connectivity index is 1.32. The summed E-state index contributed by atoms with van der Waals surface area (Å²) in [5.41, 5.74) is 3.89. The second-order valence-electron chi connectivity index (χ2n) is 7.14. The fourth-order valence-electron chi connectivity index (χ4n) is 3.53. The van der Waals surface area contributed by atoms with Crippen LogP contribution in [-0.2, 0) is 6.42 Å². The number of nitrogens with one attached hydrogen (secondary N) is 1. The topological polar surface area (TPSA) is 73.0 Å². The average molecular weight is 408 g/mol. The van der Waals surface area contributed by atoms with Crippen LogP contribution in [0.25, 0.3) is 28.0 Å². The molecule has 0 aliphatic carbocycles. The Labute approximate surface area is 179 Å². The maximum absolute atomic E-state index is 13.0. The number of carbonyl (C=O) groups excluding carboxylic acids is 1. The molecule has 3 aromatic heterocycles. The van der Waals surface area contributed by atoms with Crippen LogP contribution in [0.1, 0.15) is 16.1 Å². The van der Waals surface area contributed by atoms with Crippen molar-refractivity contribution < 1.29 is 9.21 Å². The first-order valence-electron chi connectivity index (χ1n) is 10.1. The summed E-state index contributed by atoms with van der Waals surface area (Å²) in [7, 11) is 0. The second kappa shape index (κ2) is 8.28. The van der Waals surface area contributed by atoms with Gasteiger partial charge in [-0.1, -0.05) is 36.4 Å². The third kappa shape index (κ3) is 3.96. The number of aromatic nitrogens is 3. The first kappa shape index (κ1) is 18.8. The van der Waals surface area contributed by atoms with E-state index >= 15 is 0 Å². The second-order valence-corrected chi connectivity index (χ2v) is 7.14. The standard InChI is InChI=1S/C25H20N4O2/c30-25(26-14-12-18-13-15-29(28-18)19-7-2-1-3-8-19)21-17-23(24-11-6-16-31-24)27-22-10-5-4-9-20(21)22/h1-11,13,15-17H,12,14H2,(H,26,30). The third-order valence-corrected chi connectivity index (χ3v) is 5.07. The van der Waals surface area contributed by atoms with Gasteiger partial charge in [-0.3, -0.25) is 4.79 Å². The van der Waals surface area contributed by atoms with Crippen molar-refractivity contribution in [1.82, 2.24) is 20.1 Å². The van der Waals surface area contributed by atoms with E-state index in [-0.39, 0.29) is 5.91 Å². The molecule has 0 fully saturated rings. The van der Waals surface area contributed by atoms with Gasteiger partial charge in [-0.2, -0.15) is 5.10 Å².